The van der Waals surface area contributed by atoms with Crippen molar-refractivity contribution in [1.82, 2.24) is 5.32 Å². The number of rotatable bonds is 8. The number of piperidine rings is 2. The lowest BCUT2D eigenvalue weighted by atomic mass is 9.74. The Balaban J connectivity index is 1.39. The van der Waals surface area contributed by atoms with Gasteiger partial charge in [0.05, 0.1) is 24.3 Å². The van der Waals surface area contributed by atoms with Gasteiger partial charge in [-0.05, 0) is 66.8 Å². The quantitative estimate of drug-likeness (QED) is 0.634. The lowest BCUT2D eigenvalue weighted by Crippen LogP contribution is -2.56. The molecule has 2 aromatic rings. The molecule has 3 fully saturated rings. The molecule has 2 saturated heterocycles. The molecule has 2 atom stereocenters. The summed E-state index contributed by atoms with van der Waals surface area (Å²) in [5.74, 6) is 0.273. The summed E-state index contributed by atoms with van der Waals surface area (Å²) in [6.07, 6.45) is 6.52. The summed E-state index contributed by atoms with van der Waals surface area (Å²) in [7, 11) is -3.33. The molecule has 32 heavy (non-hydrogen) atoms. The highest BCUT2D eigenvalue weighted by molar-refractivity contribution is 7.92. The molecule has 6 nitrogen and oxygen atoms in total. The summed E-state index contributed by atoms with van der Waals surface area (Å²) in [6, 6.07) is 17.8. The van der Waals surface area contributed by atoms with E-state index in [0.717, 1.165) is 48.6 Å². The fourth-order valence-electron chi connectivity index (χ4n) is 4.99. The Morgan fingerprint density at radius 1 is 1.12 bits per heavy atom. The van der Waals surface area contributed by atoms with Crippen LogP contribution in [-0.2, 0) is 21.2 Å². The number of nitrogens with zero attached hydrogens (tertiary/aromatic N) is 1. The maximum Gasteiger partial charge on any atom is 0.229 e. The molecule has 0 amide bonds. The third kappa shape index (κ3) is 5.56. The van der Waals surface area contributed by atoms with E-state index in [1.54, 1.807) is 18.2 Å². The fourth-order valence-corrected chi connectivity index (χ4v) is 5.55. The minimum absolute atomic E-state index is 0.0754. The van der Waals surface area contributed by atoms with E-state index in [9.17, 15) is 18.5 Å². The van der Waals surface area contributed by atoms with Gasteiger partial charge in [0.1, 0.15) is 0 Å². The van der Waals surface area contributed by atoms with E-state index < -0.39 is 10.0 Å². The van der Waals surface area contributed by atoms with Crippen LogP contribution >= 0.6 is 0 Å². The second-order valence-electron chi connectivity index (χ2n) is 9.11. The highest BCUT2D eigenvalue weighted by atomic mass is 32.2. The first kappa shape index (κ1) is 22.5. The summed E-state index contributed by atoms with van der Waals surface area (Å²) >= 11 is 0. The van der Waals surface area contributed by atoms with Crippen LogP contribution in [0.1, 0.15) is 37.7 Å². The Labute approximate surface area is 190 Å². The average Bonchev–Trinajstić information content (AvgIpc) is 2.79. The Morgan fingerprint density at radius 3 is 2.44 bits per heavy atom. The molecule has 2 heterocycles. The number of sulfonamides is 1. The number of benzene rings is 2. The molecule has 168 valence electrons. The number of nitriles is 1. The van der Waals surface area contributed by atoms with Crippen LogP contribution in [0.2, 0.25) is 0 Å². The number of hydrogen-bond donors (Lipinski definition) is 2. The molecule has 1 aliphatic carbocycles. The van der Waals surface area contributed by atoms with Gasteiger partial charge in [-0.15, -0.1) is 0 Å². The lowest BCUT2D eigenvalue weighted by Gasteiger charge is -2.43. The van der Waals surface area contributed by atoms with Gasteiger partial charge in [0.2, 0.25) is 10.0 Å². The molecular weight excluding hydrogens is 422 g/mol. The van der Waals surface area contributed by atoms with Crippen LogP contribution < -0.4 is 10.0 Å². The monoisotopic (exact) mass is 451 g/mol. The van der Waals surface area contributed by atoms with Crippen molar-refractivity contribution >= 4 is 21.5 Å². The van der Waals surface area contributed by atoms with Crippen molar-refractivity contribution in [3.05, 3.63) is 54.1 Å². The molecule has 0 radical (unpaired) electrons. The number of Topliss-reactive ketones (excluding diaryl/α,β-unsaturated/α-hetero) is 1. The van der Waals surface area contributed by atoms with E-state index in [4.69, 9.17) is 0 Å². The molecule has 2 aliphatic heterocycles. The molecule has 2 bridgehead atoms. The van der Waals surface area contributed by atoms with Crippen LogP contribution in [0.5, 0.6) is 0 Å². The SMILES string of the molecule is CS(=O)(=O)Nc1cccc(-c2ccc(C[C@@H](C#N)CC(=O)[C@H]3NC4CCC3CC4)cc2)c1. The third-order valence-electron chi connectivity index (χ3n) is 6.57. The van der Waals surface area contributed by atoms with Gasteiger partial charge in [0.15, 0.2) is 5.78 Å². The van der Waals surface area contributed by atoms with E-state index in [1.165, 1.54) is 0 Å². The minimum Gasteiger partial charge on any atom is -0.304 e. The van der Waals surface area contributed by atoms with Crippen molar-refractivity contribution in [1.29, 1.82) is 5.26 Å². The lowest BCUT2D eigenvalue weighted by molar-refractivity contribution is -0.125. The molecule has 3 aliphatic rings. The second kappa shape index (κ2) is 9.43. The zero-order chi connectivity index (χ0) is 22.7. The first-order valence-electron chi connectivity index (χ1n) is 11.2. The van der Waals surface area contributed by atoms with Gasteiger partial charge in [0, 0.05) is 18.2 Å². The zero-order valence-corrected chi connectivity index (χ0v) is 19.1. The summed E-state index contributed by atoms with van der Waals surface area (Å²) in [4.78, 5) is 12.9. The highest BCUT2D eigenvalue weighted by Crippen LogP contribution is 2.34. The van der Waals surface area contributed by atoms with E-state index in [-0.39, 0.29) is 17.7 Å². The minimum atomic E-state index is -3.33. The molecule has 0 aromatic heterocycles. The normalized spacial score (nSPS) is 23.3. The topological polar surface area (TPSA) is 99.1 Å². The first-order valence-corrected chi connectivity index (χ1v) is 13.1. The molecule has 2 N–H and O–H groups in total. The smallest absolute Gasteiger partial charge is 0.229 e. The van der Waals surface area contributed by atoms with Gasteiger partial charge in [-0.1, -0.05) is 36.4 Å². The van der Waals surface area contributed by atoms with Gasteiger partial charge < -0.3 is 5.32 Å². The molecule has 0 spiro atoms. The molecule has 5 rings (SSSR count). The maximum atomic E-state index is 12.9. The van der Waals surface area contributed by atoms with Crippen molar-refractivity contribution in [2.24, 2.45) is 11.8 Å². The molecule has 1 saturated carbocycles. The van der Waals surface area contributed by atoms with E-state index in [1.807, 2.05) is 30.3 Å². The van der Waals surface area contributed by atoms with Crippen molar-refractivity contribution in [2.75, 3.05) is 11.0 Å². The number of ketones is 1. The second-order valence-corrected chi connectivity index (χ2v) is 10.9. The van der Waals surface area contributed by atoms with Crippen LogP contribution in [0.4, 0.5) is 5.69 Å². The number of carbonyl (C=O) groups is 1. The number of anilines is 1. The summed E-state index contributed by atoms with van der Waals surface area (Å²) < 4.78 is 25.4. The zero-order valence-electron chi connectivity index (χ0n) is 18.3. The first-order chi connectivity index (χ1) is 15.3. The maximum absolute atomic E-state index is 12.9. The van der Waals surface area contributed by atoms with Gasteiger partial charge >= 0.3 is 0 Å². The van der Waals surface area contributed by atoms with Crippen molar-refractivity contribution in [2.45, 2.75) is 50.6 Å². The molecule has 7 heteroatoms. The van der Waals surface area contributed by atoms with Crippen LogP contribution in [-0.4, -0.2) is 32.5 Å². The predicted octanol–water partition coefficient (Wildman–Crippen LogP) is 3.90. The predicted molar refractivity (Wildman–Crippen MR) is 125 cm³/mol. The van der Waals surface area contributed by atoms with Gasteiger partial charge in [-0.25, -0.2) is 8.42 Å². The van der Waals surface area contributed by atoms with Gasteiger partial charge in [-0.3, -0.25) is 9.52 Å². The molecule has 0 unspecified atom stereocenters. The highest BCUT2D eigenvalue weighted by Gasteiger charge is 2.39. The van der Waals surface area contributed by atoms with Crippen molar-refractivity contribution in [3.8, 4) is 17.2 Å². The number of carbonyl (C=O) groups excluding carboxylic acids is 1. The Kier molecular flexibility index (Phi) is 6.63. The van der Waals surface area contributed by atoms with Crippen LogP contribution in [0.25, 0.3) is 11.1 Å². The van der Waals surface area contributed by atoms with Crippen LogP contribution in [0, 0.1) is 23.2 Å². The largest absolute Gasteiger partial charge is 0.304 e. The van der Waals surface area contributed by atoms with Crippen LogP contribution in [0.15, 0.2) is 48.5 Å². The fraction of sp³-hybridized carbons (Fsp3) is 0.440. The van der Waals surface area contributed by atoms with Crippen molar-refractivity contribution < 1.29 is 13.2 Å². The summed E-state index contributed by atoms with van der Waals surface area (Å²) in [5, 5.41) is 13.1. The van der Waals surface area contributed by atoms with E-state index >= 15 is 0 Å². The average molecular weight is 452 g/mol. The van der Waals surface area contributed by atoms with E-state index in [0.29, 0.717) is 30.5 Å². The Hall–Kier alpha value is -2.69. The van der Waals surface area contributed by atoms with Gasteiger partial charge in [-0.2, -0.15) is 5.26 Å². The number of fused-ring (bicyclic) bond motifs is 3. The standard InChI is InChI=1S/C25H29N3O3S/c1-32(30,31)28-23-4-2-3-21(15-23)19-7-5-17(6-8-19)13-18(16-26)14-24(29)25-20-9-11-22(27-25)12-10-20/h2-8,15,18,20,22,25,27-28H,9-14H2,1H3/t18-,20?,22?,25+/m1/s1. The Morgan fingerprint density at radius 2 is 1.84 bits per heavy atom. The van der Waals surface area contributed by atoms with Crippen molar-refractivity contribution in [3.63, 3.8) is 0 Å². The van der Waals surface area contributed by atoms with Gasteiger partial charge in [0.25, 0.3) is 0 Å². The third-order valence-corrected chi connectivity index (χ3v) is 7.18. The molecular formula is C25H29N3O3S. The Bertz CT molecular complexity index is 1110. The number of hydrogen-bond acceptors (Lipinski definition) is 5. The number of nitrogens with one attached hydrogen (secondary N) is 2. The van der Waals surface area contributed by atoms with Crippen LogP contribution in [0.3, 0.4) is 0 Å². The summed E-state index contributed by atoms with van der Waals surface area (Å²) in [6.45, 7) is 0. The summed E-state index contributed by atoms with van der Waals surface area (Å²) in [5.41, 5.74) is 3.38. The molecule has 2 aromatic carbocycles. The van der Waals surface area contributed by atoms with E-state index in [2.05, 4.69) is 16.1 Å².